The number of ether oxygens (including phenoxy) is 3. The summed E-state index contributed by atoms with van der Waals surface area (Å²) in [7, 11) is 3.13. The number of halogens is 1. The van der Waals surface area contributed by atoms with Crippen molar-refractivity contribution in [3.05, 3.63) is 58.7 Å². The van der Waals surface area contributed by atoms with Crippen molar-refractivity contribution in [3.63, 3.8) is 0 Å². The summed E-state index contributed by atoms with van der Waals surface area (Å²) in [6.45, 7) is 2.97. The van der Waals surface area contributed by atoms with Crippen LogP contribution in [0.25, 0.3) is 11.3 Å². The van der Waals surface area contributed by atoms with E-state index >= 15 is 0 Å². The van der Waals surface area contributed by atoms with Crippen LogP contribution in [0.15, 0.2) is 41.8 Å². The molecule has 2 aromatic carbocycles. The molecule has 1 saturated heterocycles. The molecule has 1 unspecified atom stereocenters. The molecule has 3 aromatic rings. The number of benzene rings is 2. The van der Waals surface area contributed by atoms with Crippen molar-refractivity contribution in [1.29, 1.82) is 0 Å². The molecule has 32 heavy (non-hydrogen) atoms. The number of methoxy groups -OCH3 is 2. The first-order valence-corrected chi connectivity index (χ1v) is 11.3. The normalized spacial score (nSPS) is 15.6. The van der Waals surface area contributed by atoms with Crippen LogP contribution in [-0.4, -0.2) is 44.4 Å². The Morgan fingerprint density at radius 2 is 1.91 bits per heavy atom. The maximum atomic E-state index is 13.6. The number of amides is 1. The topological polar surface area (TPSA) is 60.9 Å². The number of hydrogen-bond donors (Lipinski definition) is 0. The predicted molar refractivity (Wildman–Crippen MR) is 122 cm³/mol. The molecule has 168 valence electrons. The highest BCUT2D eigenvalue weighted by molar-refractivity contribution is 7.14. The van der Waals surface area contributed by atoms with Gasteiger partial charge in [-0.3, -0.25) is 9.69 Å². The third kappa shape index (κ3) is 4.61. The van der Waals surface area contributed by atoms with Gasteiger partial charge in [0.15, 0.2) is 5.13 Å². The van der Waals surface area contributed by atoms with E-state index in [2.05, 4.69) is 4.98 Å². The Bertz CT molecular complexity index is 1070. The van der Waals surface area contributed by atoms with Crippen LogP contribution >= 0.6 is 11.3 Å². The summed E-state index contributed by atoms with van der Waals surface area (Å²) in [6, 6.07) is 9.59. The van der Waals surface area contributed by atoms with Gasteiger partial charge >= 0.3 is 0 Å². The van der Waals surface area contributed by atoms with Crippen molar-refractivity contribution < 1.29 is 23.4 Å². The van der Waals surface area contributed by atoms with E-state index in [0.29, 0.717) is 41.0 Å². The minimum atomic E-state index is -0.304. The van der Waals surface area contributed by atoms with Crippen molar-refractivity contribution in [2.75, 3.05) is 32.3 Å². The second-order valence-corrected chi connectivity index (χ2v) is 8.42. The van der Waals surface area contributed by atoms with Gasteiger partial charge in [-0.1, -0.05) is 0 Å². The van der Waals surface area contributed by atoms with Gasteiger partial charge in [0.25, 0.3) is 5.91 Å². The van der Waals surface area contributed by atoms with Crippen molar-refractivity contribution in [1.82, 2.24) is 4.98 Å². The monoisotopic (exact) mass is 456 g/mol. The second-order valence-electron chi connectivity index (χ2n) is 7.58. The summed E-state index contributed by atoms with van der Waals surface area (Å²) in [5, 5.41) is 2.43. The van der Waals surface area contributed by atoms with Crippen LogP contribution in [-0.2, 0) is 4.74 Å². The van der Waals surface area contributed by atoms with E-state index in [1.807, 2.05) is 12.3 Å². The van der Waals surface area contributed by atoms with Gasteiger partial charge < -0.3 is 14.2 Å². The summed E-state index contributed by atoms with van der Waals surface area (Å²) in [4.78, 5) is 20.0. The van der Waals surface area contributed by atoms with E-state index < -0.39 is 0 Å². The fraction of sp³-hybridized carbons (Fsp3) is 0.333. The molecule has 6 nitrogen and oxygen atoms in total. The van der Waals surface area contributed by atoms with Crippen LogP contribution in [0.1, 0.15) is 28.8 Å². The fourth-order valence-electron chi connectivity index (χ4n) is 3.75. The molecular formula is C24H25FN2O4S. The Balaban J connectivity index is 1.70. The number of thiazole rings is 1. The SMILES string of the molecule is COc1cc(C(=O)N(CC2CCCO2)c2nc(-c3ccc(F)cc3)cs2)cc(OC)c1C. The quantitative estimate of drug-likeness (QED) is 0.495. The minimum Gasteiger partial charge on any atom is -0.496 e. The van der Waals surface area contributed by atoms with Gasteiger partial charge in [-0.2, -0.15) is 0 Å². The largest absolute Gasteiger partial charge is 0.496 e. The Morgan fingerprint density at radius 1 is 1.22 bits per heavy atom. The Hall–Kier alpha value is -2.97. The molecule has 8 heteroatoms. The highest BCUT2D eigenvalue weighted by Crippen LogP contribution is 2.33. The first-order chi connectivity index (χ1) is 15.5. The average molecular weight is 457 g/mol. The van der Waals surface area contributed by atoms with E-state index in [1.165, 1.54) is 23.5 Å². The van der Waals surface area contributed by atoms with Crippen molar-refractivity contribution >= 4 is 22.4 Å². The lowest BCUT2D eigenvalue weighted by atomic mass is 10.1. The molecule has 1 aliphatic heterocycles. The zero-order valence-electron chi connectivity index (χ0n) is 18.3. The molecule has 0 saturated carbocycles. The molecule has 1 atom stereocenters. The third-order valence-corrected chi connectivity index (χ3v) is 6.38. The Kier molecular flexibility index (Phi) is 6.72. The van der Waals surface area contributed by atoms with E-state index in [-0.39, 0.29) is 17.8 Å². The van der Waals surface area contributed by atoms with Crippen LogP contribution in [0.3, 0.4) is 0 Å². The van der Waals surface area contributed by atoms with Crippen LogP contribution in [0, 0.1) is 12.7 Å². The Labute approximate surface area is 190 Å². The number of aromatic nitrogens is 1. The predicted octanol–water partition coefficient (Wildman–Crippen LogP) is 5.10. The minimum absolute atomic E-state index is 0.0497. The highest BCUT2D eigenvalue weighted by Gasteiger charge is 2.28. The Morgan fingerprint density at radius 3 is 2.50 bits per heavy atom. The average Bonchev–Trinajstić information content (AvgIpc) is 3.50. The van der Waals surface area contributed by atoms with Crippen LogP contribution in [0.2, 0.25) is 0 Å². The van der Waals surface area contributed by atoms with Gasteiger partial charge in [-0.15, -0.1) is 11.3 Å². The second kappa shape index (κ2) is 9.67. The summed E-state index contributed by atoms with van der Waals surface area (Å²) < 4.78 is 30.0. The van der Waals surface area contributed by atoms with E-state index in [4.69, 9.17) is 14.2 Å². The van der Waals surface area contributed by atoms with E-state index in [0.717, 1.165) is 24.0 Å². The van der Waals surface area contributed by atoms with E-state index in [9.17, 15) is 9.18 Å². The molecule has 0 N–H and O–H groups in total. The lowest BCUT2D eigenvalue weighted by molar-refractivity contribution is 0.0917. The van der Waals surface area contributed by atoms with Crippen molar-refractivity contribution in [2.45, 2.75) is 25.9 Å². The zero-order valence-corrected chi connectivity index (χ0v) is 19.1. The molecule has 0 spiro atoms. The highest BCUT2D eigenvalue weighted by atomic mass is 32.1. The van der Waals surface area contributed by atoms with Gasteiger partial charge in [0.05, 0.1) is 32.6 Å². The standard InChI is InChI=1S/C24H25FN2O4S/c1-15-21(29-2)11-17(12-22(15)30-3)23(28)27(13-19-5-4-10-31-19)24-26-20(14-32-24)16-6-8-18(25)9-7-16/h6-9,11-12,14,19H,4-5,10,13H2,1-3H3. The number of carbonyl (C=O) groups excluding carboxylic acids is 1. The fourth-order valence-corrected chi connectivity index (χ4v) is 4.59. The van der Waals surface area contributed by atoms with Gasteiger partial charge in [0.2, 0.25) is 0 Å². The maximum Gasteiger partial charge on any atom is 0.260 e. The molecule has 4 rings (SSSR count). The van der Waals surface area contributed by atoms with Crippen LogP contribution in [0.4, 0.5) is 9.52 Å². The summed E-state index contributed by atoms with van der Waals surface area (Å²) in [5.74, 6) is 0.644. The van der Waals surface area contributed by atoms with Crippen molar-refractivity contribution in [3.8, 4) is 22.8 Å². The summed E-state index contributed by atoms with van der Waals surface area (Å²) in [6.07, 6.45) is 1.81. The van der Waals surface area contributed by atoms with E-state index in [1.54, 1.807) is 43.4 Å². The van der Waals surface area contributed by atoms with Crippen LogP contribution in [0.5, 0.6) is 11.5 Å². The van der Waals surface area contributed by atoms with Gasteiger partial charge in [-0.25, -0.2) is 9.37 Å². The summed E-state index contributed by atoms with van der Waals surface area (Å²) in [5.41, 5.74) is 2.75. The molecule has 0 aliphatic carbocycles. The van der Waals surface area contributed by atoms with Gasteiger partial charge in [0.1, 0.15) is 17.3 Å². The molecule has 1 amide bonds. The van der Waals surface area contributed by atoms with Gasteiger partial charge in [0, 0.05) is 28.7 Å². The molecule has 0 radical (unpaired) electrons. The van der Waals surface area contributed by atoms with Crippen LogP contribution < -0.4 is 14.4 Å². The number of anilines is 1. The van der Waals surface area contributed by atoms with Crippen molar-refractivity contribution in [2.24, 2.45) is 0 Å². The molecule has 1 aliphatic rings. The molecule has 0 bridgehead atoms. The van der Waals surface area contributed by atoms with Gasteiger partial charge in [-0.05, 0) is 56.2 Å². The number of rotatable bonds is 7. The lowest BCUT2D eigenvalue weighted by Gasteiger charge is -2.24. The summed E-state index contributed by atoms with van der Waals surface area (Å²) >= 11 is 1.37. The molecule has 2 heterocycles. The maximum absolute atomic E-state index is 13.6. The first-order valence-electron chi connectivity index (χ1n) is 10.4. The lowest BCUT2D eigenvalue weighted by Crippen LogP contribution is -2.37. The molecular weight excluding hydrogens is 431 g/mol. The zero-order chi connectivity index (χ0) is 22.7. The number of hydrogen-bond acceptors (Lipinski definition) is 6. The number of nitrogens with zero attached hydrogens (tertiary/aromatic N) is 2. The number of carbonyl (C=O) groups is 1. The smallest absolute Gasteiger partial charge is 0.260 e. The first kappa shape index (κ1) is 22.2. The third-order valence-electron chi connectivity index (χ3n) is 5.52. The molecule has 1 aromatic heterocycles. The molecule has 1 fully saturated rings.